The summed E-state index contributed by atoms with van der Waals surface area (Å²) < 4.78 is 47.1. The highest BCUT2D eigenvalue weighted by molar-refractivity contribution is 7.84. The number of carboxylic acid groups (broad SMARTS) is 1. The Balaban J connectivity index is 1.50. The quantitative estimate of drug-likeness (QED) is 0.337. The van der Waals surface area contributed by atoms with Crippen LogP contribution in [0.2, 0.25) is 0 Å². The van der Waals surface area contributed by atoms with E-state index in [-0.39, 0.29) is 18.7 Å². The number of hydrogen-bond acceptors (Lipinski definition) is 8. The summed E-state index contributed by atoms with van der Waals surface area (Å²) in [7, 11) is -2.62. The third-order valence-electron chi connectivity index (χ3n) is 8.40. The molecule has 43 heavy (non-hydrogen) atoms. The molecule has 3 aliphatic heterocycles. The fourth-order valence-corrected chi connectivity index (χ4v) is 7.36. The molecule has 3 atom stereocenters. The number of aliphatic carboxylic acids is 1. The first kappa shape index (κ1) is 28.9. The molecular formula is C31H34N4O7S. The SMILES string of the molecule is COc1ccc2cc1[C@H](C)N1Cc3cc(ccc3OS1(=O)=O)OCCCCCn1nnc3c(C)c(ccc31)[C@H]2CC(=O)O. The Bertz CT molecular complexity index is 1800. The number of carbonyl (C=O) groups is 1. The van der Waals surface area contributed by atoms with Crippen molar-refractivity contribution in [1.29, 1.82) is 0 Å². The van der Waals surface area contributed by atoms with E-state index in [0.717, 1.165) is 47.0 Å². The van der Waals surface area contributed by atoms with Gasteiger partial charge in [-0.3, -0.25) is 4.79 Å². The van der Waals surface area contributed by atoms with Gasteiger partial charge >= 0.3 is 16.3 Å². The fraction of sp³-hybridized carbons (Fsp3) is 0.387. The van der Waals surface area contributed by atoms with Crippen LogP contribution in [0.1, 0.15) is 72.4 Å². The molecule has 226 valence electrons. The van der Waals surface area contributed by atoms with Crippen molar-refractivity contribution in [3.05, 3.63) is 76.3 Å². The number of aryl methyl sites for hydroxylation is 2. The van der Waals surface area contributed by atoms with Crippen LogP contribution in [0.15, 0.2) is 48.5 Å². The van der Waals surface area contributed by atoms with E-state index in [0.29, 0.717) is 35.8 Å². The van der Waals surface area contributed by atoms with Crippen LogP contribution >= 0.6 is 0 Å². The standard InChI is InChI=1S/C31H34N4O7S/c1-19-24-9-10-27-31(19)32-33-34(27)13-5-4-6-14-41-23-8-12-28-22(15-23)18-35(43(38,39)42-28)20(2)25-16-21(7-11-29(25)40-3)26(24)17-30(36)37/h7-12,15-16,20,26H,4-6,13-14,17-18H2,1-3H3,(H,36,37)/t20-,26-/m0/s1. The number of ether oxygens (including phenoxy) is 2. The van der Waals surface area contributed by atoms with Crippen LogP contribution in [0.4, 0.5) is 0 Å². The summed E-state index contributed by atoms with van der Waals surface area (Å²) in [4.78, 5) is 12.1. The first-order chi connectivity index (χ1) is 20.7. The summed E-state index contributed by atoms with van der Waals surface area (Å²) in [6, 6.07) is 13.8. The van der Waals surface area contributed by atoms with Gasteiger partial charge in [0.2, 0.25) is 0 Å². The van der Waals surface area contributed by atoms with Crippen LogP contribution in [0, 0.1) is 6.92 Å². The summed E-state index contributed by atoms with van der Waals surface area (Å²) in [5.41, 5.74) is 5.31. The van der Waals surface area contributed by atoms with Crippen LogP contribution in [0.25, 0.3) is 11.0 Å². The zero-order valence-corrected chi connectivity index (χ0v) is 25.1. The van der Waals surface area contributed by atoms with Crippen molar-refractivity contribution >= 4 is 27.3 Å². The molecule has 9 bridgehead atoms. The van der Waals surface area contributed by atoms with Gasteiger partial charge in [-0.2, -0.15) is 12.7 Å². The normalized spacial score (nSPS) is 21.6. The predicted octanol–water partition coefficient (Wildman–Crippen LogP) is 5.12. The molecule has 1 N–H and O–H groups in total. The maximum absolute atomic E-state index is 13.4. The maximum atomic E-state index is 13.4. The van der Waals surface area contributed by atoms with Crippen molar-refractivity contribution in [2.45, 2.75) is 64.6 Å². The Labute approximate surface area is 250 Å². The zero-order valence-electron chi connectivity index (χ0n) is 24.3. The van der Waals surface area contributed by atoms with Crippen LogP contribution in [0.5, 0.6) is 17.2 Å². The summed E-state index contributed by atoms with van der Waals surface area (Å²) >= 11 is 0. The number of hydrogen-bond donors (Lipinski definition) is 1. The van der Waals surface area contributed by atoms with E-state index in [2.05, 4.69) is 10.3 Å². The molecule has 4 aromatic rings. The third-order valence-corrected chi connectivity index (χ3v) is 9.81. The molecule has 0 spiro atoms. The third kappa shape index (κ3) is 5.52. The number of fused-ring (bicyclic) bond motifs is 6. The average Bonchev–Trinajstić information content (AvgIpc) is 3.40. The van der Waals surface area contributed by atoms with Crippen LogP contribution < -0.4 is 13.7 Å². The van der Waals surface area contributed by atoms with E-state index in [9.17, 15) is 18.3 Å². The minimum atomic E-state index is -4.14. The molecule has 3 aromatic carbocycles. The second-order valence-electron chi connectivity index (χ2n) is 11.1. The molecule has 7 rings (SSSR count). The lowest BCUT2D eigenvalue weighted by molar-refractivity contribution is -0.137. The van der Waals surface area contributed by atoms with E-state index in [1.54, 1.807) is 25.1 Å². The fourth-order valence-electron chi connectivity index (χ4n) is 6.08. The van der Waals surface area contributed by atoms with E-state index in [1.807, 2.05) is 41.9 Å². The van der Waals surface area contributed by atoms with E-state index in [1.165, 1.54) is 11.4 Å². The minimum Gasteiger partial charge on any atom is -0.496 e. The first-order valence-corrected chi connectivity index (χ1v) is 15.7. The number of aromatic nitrogens is 3. The lowest BCUT2D eigenvalue weighted by Crippen LogP contribution is -2.39. The van der Waals surface area contributed by atoms with Gasteiger partial charge in [0.05, 0.1) is 31.7 Å². The van der Waals surface area contributed by atoms with Crippen LogP contribution in [-0.4, -0.2) is 52.5 Å². The Hall–Kier alpha value is -4.16. The molecule has 0 saturated heterocycles. The van der Waals surface area contributed by atoms with E-state index < -0.39 is 28.2 Å². The van der Waals surface area contributed by atoms with Crippen molar-refractivity contribution in [2.75, 3.05) is 13.7 Å². The number of rotatable bonds is 3. The molecule has 0 radical (unpaired) electrons. The molecule has 1 unspecified atom stereocenters. The van der Waals surface area contributed by atoms with Gasteiger partial charge < -0.3 is 18.8 Å². The minimum absolute atomic E-state index is 0.0761. The van der Waals surface area contributed by atoms with Gasteiger partial charge in [-0.15, -0.1) is 5.10 Å². The highest BCUT2D eigenvalue weighted by Crippen LogP contribution is 2.41. The molecule has 4 heterocycles. The highest BCUT2D eigenvalue weighted by atomic mass is 32.2. The number of carboxylic acids is 1. The predicted molar refractivity (Wildman–Crippen MR) is 159 cm³/mol. The Morgan fingerprint density at radius 2 is 1.93 bits per heavy atom. The smallest absolute Gasteiger partial charge is 0.386 e. The van der Waals surface area contributed by atoms with Crippen molar-refractivity contribution < 1.29 is 32.0 Å². The maximum Gasteiger partial charge on any atom is 0.386 e. The van der Waals surface area contributed by atoms with Crippen molar-refractivity contribution in [1.82, 2.24) is 19.3 Å². The monoisotopic (exact) mass is 606 g/mol. The van der Waals surface area contributed by atoms with Crippen LogP contribution in [0.3, 0.4) is 0 Å². The molecule has 3 aliphatic rings. The largest absolute Gasteiger partial charge is 0.496 e. The van der Waals surface area contributed by atoms with Crippen molar-refractivity contribution in [2.24, 2.45) is 0 Å². The van der Waals surface area contributed by atoms with Gasteiger partial charge in [0.25, 0.3) is 0 Å². The Morgan fingerprint density at radius 3 is 2.72 bits per heavy atom. The summed E-state index contributed by atoms with van der Waals surface area (Å²) in [6.07, 6.45) is 2.49. The lowest BCUT2D eigenvalue weighted by atomic mass is 9.84. The molecule has 1 aromatic heterocycles. The zero-order chi connectivity index (χ0) is 30.3. The molecule has 0 amide bonds. The number of nitrogens with zero attached hydrogens (tertiary/aromatic N) is 4. The van der Waals surface area contributed by atoms with E-state index >= 15 is 0 Å². The average molecular weight is 607 g/mol. The summed E-state index contributed by atoms with van der Waals surface area (Å²) in [5.74, 6) is -0.0745. The van der Waals surface area contributed by atoms with Crippen LogP contribution in [-0.2, 0) is 28.2 Å². The number of benzene rings is 3. The van der Waals surface area contributed by atoms with Gasteiger partial charge in [0.1, 0.15) is 22.8 Å². The second kappa shape index (κ2) is 11.5. The second-order valence-corrected chi connectivity index (χ2v) is 12.5. The number of methoxy groups -OCH3 is 1. The molecule has 0 fully saturated rings. The first-order valence-electron chi connectivity index (χ1n) is 14.4. The summed E-state index contributed by atoms with van der Waals surface area (Å²) in [6.45, 7) is 5.01. The molecular weight excluding hydrogens is 572 g/mol. The molecule has 0 saturated carbocycles. The molecule has 11 nitrogen and oxygen atoms in total. The summed E-state index contributed by atoms with van der Waals surface area (Å²) in [5, 5.41) is 18.8. The molecule has 0 aliphatic carbocycles. The van der Waals surface area contributed by atoms with Gasteiger partial charge in [-0.1, -0.05) is 17.3 Å². The van der Waals surface area contributed by atoms with Crippen molar-refractivity contribution in [3.63, 3.8) is 0 Å². The van der Waals surface area contributed by atoms with Gasteiger partial charge in [0.15, 0.2) is 0 Å². The van der Waals surface area contributed by atoms with Gasteiger partial charge in [-0.25, -0.2) is 4.68 Å². The van der Waals surface area contributed by atoms with Gasteiger partial charge in [-0.05, 0) is 86.2 Å². The van der Waals surface area contributed by atoms with Crippen molar-refractivity contribution in [3.8, 4) is 17.2 Å². The Kier molecular flexibility index (Phi) is 7.74. The lowest BCUT2D eigenvalue weighted by Gasteiger charge is -2.33. The Morgan fingerprint density at radius 1 is 1.09 bits per heavy atom. The highest BCUT2D eigenvalue weighted by Gasteiger charge is 2.37. The molecule has 12 heteroatoms. The topological polar surface area (TPSA) is 133 Å². The van der Waals surface area contributed by atoms with Gasteiger partial charge in [0, 0.05) is 30.1 Å². The van der Waals surface area contributed by atoms with E-state index in [4.69, 9.17) is 13.7 Å².